The van der Waals surface area contributed by atoms with Gasteiger partial charge in [-0.05, 0) is 93.1 Å². The molecule has 1 saturated carbocycles. The molecular weight excluding hydrogens is 372 g/mol. The first kappa shape index (κ1) is 20.7. The number of allylic oxidation sites excluding steroid dienone is 2. The zero-order chi connectivity index (χ0) is 21.3. The Morgan fingerprint density at radius 3 is 2.63 bits per heavy atom. The zero-order valence-electron chi connectivity index (χ0n) is 18.3. The number of primary amides is 1. The van der Waals surface area contributed by atoms with Gasteiger partial charge in [0.05, 0.1) is 0 Å². The van der Waals surface area contributed by atoms with Crippen LogP contribution < -0.4 is 10.5 Å². The smallest absolute Gasteiger partial charge is 0.249 e. The molecule has 1 fully saturated rings. The van der Waals surface area contributed by atoms with Crippen LogP contribution in [0.2, 0.25) is 0 Å². The third-order valence-electron chi connectivity index (χ3n) is 6.55. The Balaban J connectivity index is 1.72. The first-order chi connectivity index (χ1) is 14.4. The summed E-state index contributed by atoms with van der Waals surface area (Å²) in [5.41, 5.74) is 12.5. The Hall–Kier alpha value is -2.59. The second-order valence-corrected chi connectivity index (χ2v) is 8.94. The molecule has 2 aromatic carbocycles. The van der Waals surface area contributed by atoms with E-state index in [0.717, 1.165) is 37.1 Å². The maximum Gasteiger partial charge on any atom is 0.249 e. The molecule has 0 saturated heterocycles. The van der Waals surface area contributed by atoms with Gasteiger partial charge in [-0.25, -0.2) is 0 Å². The highest BCUT2D eigenvalue weighted by atomic mass is 16.5. The van der Waals surface area contributed by atoms with Crippen molar-refractivity contribution in [1.29, 1.82) is 0 Å². The number of nitrogens with zero attached hydrogens (tertiary/aromatic N) is 1. The van der Waals surface area contributed by atoms with Gasteiger partial charge < -0.3 is 15.4 Å². The van der Waals surface area contributed by atoms with E-state index in [1.54, 1.807) is 6.07 Å². The number of carbonyl (C=O) groups excluding carboxylic acids is 1. The van der Waals surface area contributed by atoms with Crippen LogP contribution in [0.3, 0.4) is 0 Å². The Morgan fingerprint density at radius 1 is 1.20 bits per heavy atom. The van der Waals surface area contributed by atoms with Gasteiger partial charge in [-0.3, -0.25) is 4.79 Å². The number of hydrogen-bond donors (Lipinski definition) is 1. The first-order valence-electron chi connectivity index (χ1n) is 10.9. The van der Waals surface area contributed by atoms with Gasteiger partial charge in [0.2, 0.25) is 5.91 Å². The van der Waals surface area contributed by atoms with Gasteiger partial charge in [0.15, 0.2) is 0 Å². The van der Waals surface area contributed by atoms with Crippen LogP contribution in [0.1, 0.15) is 64.7 Å². The zero-order valence-corrected chi connectivity index (χ0v) is 18.3. The number of hydrogen-bond acceptors (Lipinski definition) is 3. The van der Waals surface area contributed by atoms with Crippen LogP contribution in [-0.4, -0.2) is 38.1 Å². The van der Waals surface area contributed by atoms with Gasteiger partial charge in [-0.15, -0.1) is 0 Å². The van der Waals surface area contributed by atoms with E-state index in [1.165, 1.54) is 35.1 Å². The number of likely N-dealkylation sites (N-methyl/N-ethyl adjacent to an activating group) is 1. The van der Waals surface area contributed by atoms with Crippen LogP contribution in [0.15, 0.2) is 42.5 Å². The van der Waals surface area contributed by atoms with Crippen LogP contribution in [0.25, 0.3) is 5.57 Å². The van der Waals surface area contributed by atoms with Crippen molar-refractivity contribution < 1.29 is 9.53 Å². The molecule has 0 heterocycles. The van der Waals surface area contributed by atoms with Crippen LogP contribution in [0, 0.1) is 6.92 Å². The number of nitrogens with two attached hydrogens (primary N) is 1. The van der Waals surface area contributed by atoms with Crippen LogP contribution in [-0.2, 0) is 5.41 Å². The average molecular weight is 405 g/mol. The molecular formula is C26H32N2O2. The van der Waals surface area contributed by atoms with Gasteiger partial charge >= 0.3 is 0 Å². The fraction of sp³-hybridized carbons (Fsp3) is 0.423. The molecule has 0 spiro atoms. The fourth-order valence-corrected chi connectivity index (χ4v) is 4.66. The topological polar surface area (TPSA) is 55.6 Å². The van der Waals surface area contributed by atoms with E-state index in [4.69, 9.17) is 10.5 Å². The van der Waals surface area contributed by atoms with Gasteiger partial charge in [-0.2, -0.15) is 0 Å². The standard InChI is InChI=1S/C26H32N2O2/c1-18-23(25(27)29)16-22(30-14-13-28(2)3)17-24(18)26(11-12-26)21-10-6-9-20(15-21)19-7-4-5-8-19/h6-7,9-10,15-17H,4-5,8,11-14H2,1-3H3,(H2,27,29). The fourth-order valence-electron chi connectivity index (χ4n) is 4.66. The summed E-state index contributed by atoms with van der Waals surface area (Å²) < 4.78 is 6.01. The van der Waals surface area contributed by atoms with E-state index in [-0.39, 0.29) is 5.41 Å². The molecule has 4 rings (SSSR count). The average Bonchev–Trinajstić information content (AvgIpc) is 3.34. The molecule has 2 aliphatic rings. The monoisotopic (exact) mass is 404 g/mol. The van der Waals surface area contributed by atoms with Crippen molar-refractivity contribution in [3.63, 3.8) is 0 Å². The Labute approximate surface area is 179 Å². The number of carbonyl (C=O) groups is 1. The molecule has 4 heteroatoms. The predicted molar refractivity (Wildman–Crippen MR) is 122 cm³/mol. The highest BCUT2D eigenvalue weighted by molar-refractivity contribution is 5.95. The van der Waals surface area contributed by atoms with E-state index in [1.807, 2.05) is 21.0 Å². The highest BCUT2D eigenvalue weighted by Gasteiger charge is 2.47. The Morgan fingerprint density at radius 2 is 2.00 bits per heavy atom. The summed E-state index contributed by atoms with van der Waals surface area (Å²) in [6.45, 7) is 3.41. The lowest BCUT2D eigenvalue weighted by Gasteiger charge is -2.23. The molecule has 0 aliphatic heterocycles. The maximum absolute atomic E-state index is 12.2. The van der Waals surface area contributed by atoms with E-state index < -0.39 is 5.91 Å². The minimum atomic E-state index is -0.396. The number of ether oxygens (including phenoxy) is 1. The van der Waals surface area contributed by atoms with Gasteiger partial charge in [0.25, 0.3) is 0 Å². The molecule has 0 radical (unpaired) electrons. The van der Waals surface area contributed by atoms with Crippen molar-refractivity contribution in [2.24, 2.45) is 5.73 Å². The summed E-state index contributed by atoms with van der Waals surface area (Å²) in [7, 11) is 4.04. The quantitative estimate of drug-likeness (QED) is 0.695. The molecule has 0 unspecified atom stereocenters. The largest absolute Gasteiger partial charge is 0.492 e. The van der Waals surface area contributed by atoms with Gasteiger partial charge in [0.1, 0.15) is 12.4 Å². The van der Waals surface area contributed by atoms with Crippen LogP contribution in [0.4, 0.5) is 0 Å². The number of amides is 1. The van der Waals surface area contributed by atoms with Gasteiger partial charge in [0, 0.05) is 17.5 Å². The molecule has 1 amide bonds. The van der Waals surface area contributed by atoms with E-state index in [9.17, 15) is 4.79 Å². The summed E-state index contributed by atoms with van der Waals surface area (Å²) in [6, 6.07) is 12.9. The van der Waals surface area contributed by atoms with Crippen molar-refractivity contribution in [3.05, 3.63) is 70.3 Å². The van der Waals surface area contributed by atoms with Crippen molar-refractivity contribution >= 4 is 11.5 Å². The van der Waals surface area contributed by atoms with Crippen molar-refractivity contribution in [3.8, 4) is 5.75 Å². The van der Waals surface area contributed by atoms with E-state index in [0.29, 0.717) is 12.2 Å². The third kappa shape index (κ3) is 4.01. The summed E-state index contributed by atoms with van der Waals surface area (Å²) in [4.78, 5) is 14.3. The maximum atomic E-state index is 12.2. The van der Waals surface area contributed by atoms with E-state index >= 15 is 0 Å². The van der Waals surface area contributed by atoms with E-state index in [2.05, 4.69) is 41.3 Å². The molecule has 2 aromatic rings. The molecule has 30 heavy (non-hydrogen) atoms. The second kappa shape index (κ2) is 8.27. The Kier molecular flexibility index (Phi) is 5.70. The first-order valence-corrected chi connectivity index (χ1v) is 10.9. The highest BCUT2D eigenvalue weighted by Crippen LogP contribution is 2.55. The normalized spacial score (nSPS) is 17.1. The van der Waals surface area contributed by atoms with Crippen molar-refractivity contribution in [2.45, 2.75) is 44.4 Å². The molecule has 0 aromatic heterocycles. The minimum Gasteiger partial charge on any atom is -0.492 e. The lowest BCUT2D eigenvalue weighted by atomic mass is 9.82. The lowest BCUT2D eigenvalue weighted by molar-refractivity contribution is 0.0999. The van der Waals surface area contributed by atoms with Crippen LogP contribution in [0.5, 0.6) is 5.75 Å². The third-order valence-corrected chi connectivity index (χ3v) is 6.55. The second-order valence-electron chi connectivity index (χ2n) is 8.94. The SMILES string of the molecule is Cc1c(C(N)=O)cc(OCCN(C)C)cc1C1(c2cccc(C3=CCCC3)c2)CC1. The van der Waals surface area contributed by atoms with Crippen molar-refractivity contribution in [2.75, 3.05) is 27.2 Å². The molecule has 158 valence electrons. The van der Waals surface area contributed by atoms with Crippen molar-refractivity contribution in [1.82, 2.24) is 4.90 Å². The molecule has 0 bridgehead atoms. The summed E-state index contributed by atoms with van der Waals surface area (Å²) in [5, 5.41) is 0. The van der Waals surface area contributed by atoms with Gasteiger partial charge in [-0.1, -0.05) is 30.3 Å². The summed E-state index contributed by atoms with van der Waals surface area (Å²) >= 11 is 0. The summed E-state index contributed by atoms with van der Waals surface area (Å²) in [6.07, 6.45) is 8.12. The summed E-state index contributed by atoms with van der Waals surface area (Å²) in [5.74, 6) is 0.333. The van der Waals surface area contributed by atoms with Crippen LogP contribution >= 0.6 is 0 Å². The predicted octanol–water partition coefficient (Wildman–Crippen LogP) is 4.68. The lowest BCUT2D eigenvalue weighted by Crippen LogP contribution is -2.21. The number of rotatable bonds is 8. The molecule has 2 aliphatic carbocycles. The minimum absolute atomic E-state index is 0.0512. The molecule has 2 N–H and O–H groups in total. The number of benzene rings is 2. The molecule has 4 nitrogen and oxygen atoms in total. The molecule has 0 atom stereocenters. The Bertz CT molecular complexity index is 987.